The summed E-state index contributed by atoms with van der Waals surface area (Å²) in [5.41, 5.74) is 1.08. The van der Waals surface area contributed by atoms with Gasteiger partial charge in [0.25, 0.3) is 0 Å². The van der Waals surface area contributed by atoms with E-state index < -0.39 is 0 Å². The molecule has 0 saturated heterocycles. The first-order valence-corrected chi connectivity index (χ1v) is 4.58. The molecule has 6 heteroatoms. The maximum Gasteiger partial charge on any atom is 2.00 e. The van der Waals surface area contributed by atoms with Gasteiger partial charge in [-0.1, -0.05) is 19.4 Å². The summed E-state index contributed by atoms with van der Waals surface area (Å²) in [7, 11) is 1.38. The molecular formula is C13H16FeO5. The molecule has 0 aliphatic heterocycles. The number of hydrogen-bond acceptors (Lipinski definition) is 2. The molecule has 0 radical (unpaired) electrons. The molecule has 0 fully saturated rings. The van der Waals surface area contributed by atoms with Gasteiger partial charge >= 0.3 is 51.0 Å². The van der Waals surface area contributed by atoms with Crippen LogP contribution in [-0.4, -0.2) is 7.11 Å². The second kappa shape index (κ2) is 30.1. The van der Waals surface area contributed by atoms with Gasteiger partial charge in [0.1, 0.15) is 0 Å². The minimum absolute atomic E-state index is 0. The van der Waals surface area contributed by atoms with Crippen LogP contribution in [-0.2, 0) is 35.8 Å². The van der Waals surface area contributed by atoms with Gasteiger partial charge in [-0.05, 0) is 13.5 Å². The molecular weight excluding hydrogens is 292 g/mol. The average molecular weight is 308 g/mol. The number of allylic oxidation sites excluding steroid dienone is 2. The van der Waals surface area contributed by atoms with Crippen LogP contribution in [0, 0.1) is 25.9 Å². The van der Waals surface area contributed by atoms with Gasteiger partial charge in [0.15, 0.2) is 0 Å². The molecule has 19 heavy (non-hydrogen) atoms. The Kier molecular flexibility index (Phi) is 48.4. The SMILES string of the molecule is C=C(C)[C-](C)CC/C=C(/[O-])OC.[C-]#[O+].[C-]#[O+].[C-]#[O+].[Fe+2]. The Balaban J connectivity index is -0.0000000816. The largest absolute Gasteiger partial charge is 2.00 e. The van der Waals surface area contributed by atoms with E-state index in [0.29, 0.717) is 0 Å². The van der Waals surface area contributed by atoms with E-state index in [9.17, 15) is 5.11 Å². The summed E-state index contributed by atoms with van der Waals surface area (Å²) >= 11 is 0. The van der Waals surface area contributed by atoms with E-state index in [1.54, 1.807) is 6.08 Å². The molecule has 0 unspecified atom stereocenters. The smallest absolute Gasteiger partial charge is 2.00 e. The summed E-state index contributed by atoms with van der Waals surface area (Å²) in [6.45, 7) is 21.3. The molecule has 0 aromatic carbocycles. The predicted molar refractivity (Wildman–Crippen MR) is 59.8 cm³/mol. The zero-order valence-electron chi connectivity index (χ0n) is 11.1. The van der Waals surface area contributed by atoms with Crippen LogP contribution >= 0.6 is 0 Å². The molecule has 0 atom stereocenters. The molecule has 0 N–H and O–H groups in total. The van der Waals surface area contributed by atoms with E-state index >= 15 is 0 Å². The van der Waals surface area contributed by atoms with E-state index in [1.807, 2.05) is 13.8 Å². The van der Waals surface area contributed by atoms with Gasteiger partial charge in [0, 0.05) is 5.95 Å². The zero-order valence-corrected chi connectivity index (χ0v) is 12.2. The third-order valence-electron chi connectivity index (χ3n) is 1.76. The molecule has 0 aliphatic rings. The van der Waals surface area contributed by atoms with Crippen molar-refractivity contribution in [1.82, 2.24) is 0 Å². The normalized spacial score (nSPS) is 7.32. The summed E-state index contributed by atoms with van der Waals surface area (Å²) in [6.07, 6.45) is 3.16. The first kappa shape index (κ1) is 30.6. The summed E-state index contributed by atoms with van der Waals surface area (Å²) < 4.78 is 27.0. The Morgan fingerprint density at radius 2 is 1.63 bits per heavy atom. The van der Waals surface area contributed by atoms with Gasteiger partial charge in [0.2, 0.25) is 0 Å². The molecule has 0 saturated carbocycles. The van der Waals surface area contributed by atoms with Crippen LogP contribution in [0.25, 0.3) is 0 Å². The predicted octanol–water partition coefficient (Wildman–Crippen LogP) is 1.67. The topological polar surface area (TPSA) is 92.0 Å². The fourth-order valence-electron chi connectivity index (χ4n) is 0.703. The number of hydrogen-bond donors (Lipinski definition) is 0. The molecule has 0 aromatic rings. The van der Waals surface area contributed by atoms with Crippen LogP contribution < -0.4 is 5.11 Å². The number of methoxy groups -OCH3 is 1. The van der Waals surface area contributed by atoms with E-state index in [2.05, 4.69) is 31.3 Å². The summed E-state index contributed by atoms with van der Waals surface area (Å²) in [5, 5.41) is 10.7. The first-order valence-electron chi connectivity index (χ1n) is 4.58. The molecule has 5 nitrogen and oxygen atoms in total. The van der Waals surface area contributed by atoms with Crippen molar-refractivity contribution in [1.29, 1.82) is 0 Å². The average Bonchev–Trinajstić information content (AvgIpc) is 2.44. The Bertz CT molecular complexity index is 264. The van der Waals surface area contributed by atoms with Crippen LogP contribution in [0.5, 0.6) is 0 Å². The van der Waals surface area contributed by atoms with Crippen LogP contribution in [0.3, 0.4) is 0 Å². The minimum atomic E-state index is -0.260. The van der Waals surface area contributed by atoms with Gasteiger partial charge in [-0.25, -0.2) is 18.1 Å². The van der Waals surface area contributed by atoms with Crippen molar-refractivity contribution in [3.8, 4) is 0 Å². The molecule has 0 spiro atoms. The first-order chi connectivity index (χ1) is 8.57. The standard InChI is InChI=1S/C10H17O2.3CO.Fe/c1-8(2)9(3)6-5-7-10(11)12-4;3*1-2;/h7,11H,1,5-6H2,2-4H3;;;;/q-1;;;;+2/p-1/b10-7-;;;;. The van der Waals surface area contributed by atoms with E-state index in [-0.39, 0.29) is 23.0 Å². The molecule has 0 bridgehead atoms. The zero-order chi connectivity index (χ0) is 15.6. The van der Waals surface area contributed by atoms with Gasteiger partial charge in [0.05, 0.1) is 0 Å². The summed E-state index contributed by atoms with van der Waals surface area (Å²) in [5.74, 6) is 0.972. The van der Waals surface area contributed by atoms with Gasteiger partial charge in [-0.15, -0.1) is 6.92 Å². The second-order valence-corrected chi connectivity index (χ2v) is 2.83. The van der Waals surface area contributed by atoms with Crippen molar-refractivity contribution < 1.29 is 40.9 Å². The number of rotatable bonds is 5. The van der Waals surface area contributed by atoms with Crippen molar-refractivity contribution in [3.63, 3.8) is 0 Å². The Morgan fingerprint density at radius 3 is 1.89 bits per heavy atom. The quantitative estimate of drug-likeness (QED) is 0.334. The van der Waals surface area contributed by atoms with Crippen molar-refractivity contribution in [2.45, 2.75) is 26.7 Å². The Hall–Kier alpha value is -1.31. The van der Waals surface area contributed by atoms with Crippen molar-refractivity contribution in [3.05, 3.63) is 50.0 Å². The molecule has 0 amide bonds. The van der Waals surface area contributed by atoms with Crippen LogP contribution in [0.1, 0.15) is 26.7 Å². The summed E-state index contributed by atoms with van der Waals surface area (Å²) in [4.78, 5) is 0. The molecule has 0 heterocycles. The number of ether oxygens (including phenoxy) is 1. The van der Waals surface area contributed by atoms with E-state index in [1.165, 1.54) is 13.0 Å². The molecule has 106 valence electrons. The monoisotopic (exact) mass is 308 g/mol. The van der Waals surface area contributed by atoms with Gasteiger partial charge in [-0.3, -0.25) is 0 Å². The third-order valence-corrected chi connectivity index (χ3v) is 1.76. The Morgan fingerprint density at radius 1 is 1.26 bits per heavy atom. The van der Waals surface area contributed by atoms with E-state index in [4.69, 9.17) is 14.0 Å². The van der Waals surface area contributed by atoms with Gasteiger partial charge in [-0.2, -0.15) is 0 Å². The van der Waals surface area contributed by atoms with Crippen molar-refractivity contribution in [2.24, 2.45) is 0 Å². The van der Waals surface area contributed by atoms with E-state index in [0.717, 1.165) is 18.4 Å². The molecule has 0 aliphatic carbocycles. The Labute approximate surface area is 125 Å². The van der Waals surface area contributed by atoms with Crippen LogP contribution in [0.4, 0.5) is 0 Å². The fraction of sp³-hybridized carbons (Fsp3) is 0.385. The van der Waals surface area contributed by atoms with Crippen LogP contribution in [0.2, 0.25) is 0 Å². The maximum absolute atomic E-state index is 10.7. The van der Waals surface area contributed by atoms with Gasteiger partial charge < -0.3 is 9.84 Å². The molecule has 0 rings (SSSR count). The molecule has 0 aromatic heterocycles. The van der Waals surface area contributed by atoms with Crippen molar-refractivity contribution in [2.75, 3.05) is 7.11 Å². The maximum atomic E-state index is 10.7. The third kappa shape index (κ3) is 31.5. The van der Waals surface area contributed by atoms with Crippen molar-refractivity contribution >= 4 is 0 Å². The fourth-order valence-corrected chi connectivity index (χ4v) is 0.703. The van der Waals surface area contributed by atoms with Crippen LogP contribution in [0.15, 0.2) is 24.2 Å². The minimum Gasteiger partial charge on any atom is 2.00 e. The summed E-state index contributed by atoms with van der Waals surface area (Å²) in [6, 6.07) is 0. The second-order valence-electron chi connectivity index (χ2n) is 2.83.